The van der Waals surface area contributed by atoms with Gasteiger partial charge in [0.2, 0.25) is 0 Å². The number of esters is 1. The van der Waals surface area contributed by atoms with E-state index in [9.17, 15) is 22.8 Å². The van der Waals surface area contributed by atoms with Crippen molar-refractivity contribution >= 4 is 33.6 Å². The summed E-state index contributed by atoms with van der Waals surface area (Å²) in [6, 6.07) is 10.1. The predicted molar refractivity (Wildman–Crippen MR) is 111 cm³/mol. The molecule has 0 aliphatic heterocycles. The van der Waals surface area contributed by atoms with Crippen LogP contribution in [0, 0.1) is 13.8 Å². The van der Waals surface area contributed by atoms with Crippen molar-refractivity contribution in [3.05, 3.63) is 59.2 Å². The molecule has 1 unspecified atom stereocenters. The van der Waals surface area contributed by atoms with Crippen LogP contribution in [0.15, 0.2) is 47.4 Å². The first-order valence-corrected chi connectivity index (χ1v) is 10.5. The lowest BCUT2D eigenvalue weighted by molar-refractivity contribution is -0.127. The summed E-state index contributed by atoms with van der Waals surface area (Å²) in [6.07, 6.45) is -1.28. The Morgan fingerprint density at radius 2 is 1.70 bits per heavy atom. The number of carbonyl (C=O) groups is 3. The monoisotopic (exact) mass is 433 g/mol. The van der Waals surface area contributed by atoms with E-state index >= 15 is 0 Å². The lowest BCUT2D eigenvalue weighted by Crippen LogP contribution is -2.43. The van der Waals surface area contributed by atoms with E-state index in [4.69, 9.17) is 4.74 Å². The fourth-order valence-corrected chi connectivity index (χ4v) is 3.91. The molecule has 0 saturated carbocycles. The number of urea groups is 1. The Bertz CT molecular complexity index is 1080. The molecule has 2 aromatic carbocycles. The minimum Gasteiger partial charge on any atom is -0.449 e. The number of nitrogens with one attached hydrogen (secondary N) is 3. The summed E-state index contributed by atoms with van der Waals surface area (Å²) in [6.45, 7) is 4.73. The van der Waals surface area contributed by atoms with Crippen molar-refractivity contribution in [2.24, 2.45) is 0 Å². The van der Waals surface area contributed by atoms with Crippen LogP contribution in [0.4, 0.5) is 10.5 Å². The highest BCUT2D eigenvalue weighted by Crippen LogP contribution is 2.24. The Morgan fingerprint density at radius 1 is 1.03 bits per heavy atom. The van der Waals surface area contributed by atoms with Crippen LogP contribution in [0.2, 0.25) is 0 Å². The average Bonchev–Trinajstić information content (AvgIpc) is 2.69. The average molecular weight is 433 g/mol. The topological polar surface area (TPSA) is 131 Å². The SMILES string of the molecule is CNC(=O)NC(=O)C(C)OC(=O)c1ccccc1NS(=O)(=O)c1cc(C)ccc1C. The number of benzene rings is 2. The van der Waals surface area contributed by atoms with Crippen molar-refractivity contribution < 1.29 is 27.5 Å². The van der Waals surface area contributed by atoms with Crippen molar-refractivity contribution in [1.82, 2.24) is 10.6 Å². The number of hydrogen-bond donors (Lipinski definition) is 3. The molecule has 10 heteroatoms. The van der Waals surface area contributed by atoms with Crippen LogP contribution in [0.1, 0.15) is 28.4 Å². The normalized spacial score (nSPS) is 11.9. The molecule has 0 saturated heterocycles. The molecular formula is C20H23N3O6S. The number of sulfonamides is 1. The summed E-state index contributed by atoms with van der Waals surface area (Å²) in [4.78, 5) is 35.7. The highest BCUT2D eigenvalue weighted by Gasteiger charge is 2.24. The number of hydrogen-bond acceptors (Lipinski definition) is 6. The summed E-state index contributed by atoms with van der Waals surface area (Å²) < 4.78 is 33.2. The van der Waals surface area contributed by atoms with Gasteiger partial charge in [-0.3, -0.25) is 14.8 Å². The first-order valence-electron chi connectivity index (χ1n) is 8.98. The van der Waals surface area contributed by atoms with E-state index in [1.807, 2.05) is 5.32 Å². The van der Waals surface area contributed by atoms with Crippen LogP contribution in [-0.4, -0.2) is 39.5 Å². The van der Waals surface area contributed by atoms with Gasteiger partial charge in [0.25, 0.3) is 15.9 Å². The second-order valence-electron chi connectivity index (χ2n) is 6.54. The van der Waals surface area contributed by atoms with Crippen LogP contribution in [0.25, 0.3) is 0 Å². The highest BCUT2D eigenvalue weighted by atomic mass is 32.2. The molecule has 160 valence electrons. The first-order chi connectivity index (χ1) is 14.0. The van der Waals surface area contributed by atoms with Gasteiger partial charge < -0.3 is 10.1 Å². The molecule has 0 bridgehead atoms. The van der Waals surface area contributed by atoms with Crippen LogP contribution in [-0.2, 0) is 19.6 Å². The molecule has 9 nitrogen and oxygen atoms in total. The summed E-state index contributed by atoms with van der Waals surface area (Å²) in [5, 5.41) is 4.20. The third-order valence-electron chi connectivity index (χ3n) is 4.14. The zero-order valence-corrected chi connectivity index (χ0v) is 17.8. The number of para-hydroxylation sites is 1. The Kier molecular flexibility index (Phi) is 7.17. The van der Waals surface area contributed by atoms with Crippen molar-refractivity contribution in [2.75, 3.05) is 11.8 Å². The maximum atomic E-state index is 12.9. The van der Waals surface area contributed by atoms with Crippen molar-refractivity contribution in [3.63, 3.8) is 0 Å². The van der Waals surface area contributed by atoms with Gasteiger partial charge in [-0.1, -0.05) is 24.3 Å². The third-order valence-corrected chi connectivity index (χ3v) is 5.65. The molecule has 0 aliphatic rings. The molecular weight excluding hydrogens is 410 g/mol. The molecule has 3 N–H and O–H groups in total. The predicted octanol–water partition coefficient (Wildman–Crippen LogP) is 2.11. The maximum Gasteiger partial charge on any atom is 0.341 e. The maximum absolute atomic E-state index is 12.9. The van der Waals surface area contributed by atoms with E-state index in [0.717, 1.165) is 5.56 Å². The molecule has 1 atom stereocenters. The van der Waals surface area contributed by atoms with E-state index in [2.05, 4.69) is 10.0 Å². The van der Waals surface area contributed by atoms with Gasteiger partial charge in [0.1, 0.15) is 0 Å². The van der Waals surface area contributed by atoms with Crippen LogP contribution in [0.5, 0.6) is 0 Å². The molecule has 2 aromatic rings. The van der Waals surface area contributed by atoms with Crippen LogP contribution in [0.3, 0.4) is 0 Å². The molecule has 0 fully saturated rings. The molecule has 0 aliphatic carbocycles. The number of carbonyl (C=O) groups excluding carboxylic acids is 3. The fourth-order valence-electron chi connectivity index (χ4n) is 2.50. The Labute approximate surface area is 174 Å². The van der Waals surface area contributed by atoms with E-state index in [-0.39, 0.29) is 16.1 Å². The number of imide groups is 1. The lowest BCUT2D eigenvalue weighted by atomic mass is 10.2. The van der Waals surface area contributed by atoms with Gasteiger partial charge in [0.05, 0.1) is 16.1 Å². The van der Waals surface area contributed by atoms with Crippen molar-refractivity contribution in [2.45, 2.75) is 31.8 Å². The number of aryl methyl sites for hydroxylation is 2. The Morgan fingerprint density at radius 3 is 2.37 bits per heavy atom. The van der Waals surface area contributed by atoms with E-state index in [1.54, 1.807) is 32.0 Å². The lowest BCUT2D eigenvalue weighted by Gasteiger charge is -2.16. The van der Waals surface area contributed by atoms with Gasteiger partial charge in [-0.25, -0.2) is 18.0 Å². The zero-order valence-electron chi connectivity index (χ0n) is 17.0. The summed E-state index contributed by atoms with van der Waals surface area (Å²) in [5.74, 6) is -1.75. The number of anilines is 1. The second-order valence-corrected chi connectivity index (χ2v) is 8.19. The first kappa shape index (κ1) is 22.9. The van der Waals surface area contributed by atoms with Gasteiger partial charge in [-0.15, -0.1) is 0 Å². The fraction of sp³-hybridized carbons (Fsp3) is 0.250. The summed E-state index contributed by atoms with van der Waals surface area (Å²) in [7, 11) is -2.65. The number of amides is 3. The largest absolute Gasteiger partial charge is 0.449 e. The Balaban J connectivity index is 2.25. The van der Waals surface area contributed by atoms with Crippen molar-refractivity contribution in [3.8, 4) is 0 Å². The minimum atomic E-state index is -3.98. The molecule has 0 spiro atoms. The number of rotatable bonds is 6. The van der Waals surface area contributed by atoms with Gasteiger partial charge in [0, 0.05) is 7.05 Å². The van der Waals surface area contributed by atoms with E-state index in [0.29, 0.717) is 5.56 Å². The zero-order chi connectivity index (χ0) is 22.5. The van der Waals surface area contributed by atoms with Gasteiger partial charge in [-0.05, 0) is 50.1 Å². The molecule has 3 amide bonds. The van der Waals surface area contributed by atoms with Gasteiger partial charge in [-0.2, -0.15) is 0 Å². The molecule has 0 aromatic heterocycles. The summed E-state index contributed by atoms with van der Waals surface area (Å²) >= 11 is 0. The smallest absolute Gasteiger partial charge is 0.341 e. The standard InChI is InChI=1S/C20H23N3O6S/c1-12-9-10-13(2)17(11-12)30(27,28)23-16-8-6-5-7-15(16)19(25)29-14(3)18(24)22-20(26)21-4/h5-11,14,23H,1-4H3,(H2,21,22,24,26). The van der Waals surface area contributed by atoms with E-state index < -0.39 is 34.0 Å². The minimum absolute atomic E-state index is 0.00214. The third kappa shape index (κ3) is 5.57. The Hall–Kier alpha value is -3.40. The molecule has 2 rings (SSSR count). The van der Waals surface area contributed by atoms with E-state index in [1.165, 1.54) is 38.2 Å². The van der Waals surface area contributed by atoms with Crippen molar-refractivity contribution in [1.29, 1.82) is 0 Å². The molecule has 30 heavy (non-hydrogen) atoms. The highest BCUT2D eigenvalue weighted by molar-refractivity contribution is 7.92. The van der Waals surface area contributed by atoms with Crippen LogP contribution < -0.4 is 15.4 Å². The quantitative estimate of drug-likeness (QED) is 0.598. The second kappa shape index (κ2) is 9.40. The van der Waals surface area contributed by atoms with Gasteiger partial charge in [0.15, 0.2) is 6.10 Å². The molecule has 0 heterocycles. The summed E-state index contributed by atoms with van der Waals surface area (Å²) in [5.41, 5.74) is 1.24. The van der Waals surface area contributed by atoms with Gasteiger partial charge >= 0.3 is 12.0 Å². The molecule has 0 radical (unpaired) electrons. The van der Waals surface area contributed by atoms with Crippen LogP contribution >= 0.6 is 0 Å². The number of ether oxygens (including phenoxy) is 1.